The molecule has 752 valence electrons. The number of hydrogen-bond donors (Lipinski definition) is 11. The molecule has 12 heterocycles. The minimum atomic E-state index is -0.522. The average molecular weight is 1990 g/mol. The van der Waals surface area contributed by atoms with Crippen LogP contribution in [0.15, 0.2) is 300 Å². The number of aromatic amines is 3. The number of ether oxygens (including phenoxy) is 4. The van der Waals surface area contributed by atoms with Crippen molar-refractivity contribution < 1.29 is 42.5 Å². The summed E-state index contributed by atoms with van der Waals surface area (Å²) >= 11 is 0. The van der Waals surface area contributed by atoms with Crippen LogP contribution < -0.4 is 71.3 Å². The number of carbonyl (C=O) groups excluding carboxylic acids is 4. The van der Waals surface area contributed by atoms with Gasteiger partial charge in [-0.15, -0.1) is 0 Å². The van der Waals surface area contributed by atoms with Crippen LogP contribution in [0.25, 0.3) is 65.9 Å². The lowest BCUT2D eigenvalue weighted by atomic mass is 10.1. The summed E-state index contributed by atoms with van der Waals surface area (Å²) in [5, 5.41) is 29.3. The van der Waals surface area contributed by atoms with Crippen LogP contribution >= 0.6 is 0 Å². The Labute approximate surface area is 852 Å². The Morgan fingerprint density at radius 1 is 0.405 bits per heavy atom. The fourth-order valence-electron chi connectivity index (χ4n) is 16.8. The molecule has 11 N–H and O–H groups in total. The molecule has 37 heteroatoms. The van der Waals surface area contributed by atoms with Crippen molar-refractivity contribution in [2.75, 3.05) is 160 Å². The molecule has 0 spiro atoms. The summed E-state index contributed by atoms with van der Waals surface area (Å²) in [6.45, 7) is 24.5. The first-order chi connectivity index (χ1) is 72.0. The lowest BCUT2D eigenvalue weighted by molar-refractivity contribution is -0.112. The second-order valence-corrected chi connectivity index (χ2v) is 36.1. The maximum absolute atomic E-state index is 13.2. The Balaban J connectivity index is 0.000000129. The fraction of sp³-hybridized carbons (Fsp3) is 0.198. The van der Waals surface area contributed by atoms with Crippen molar-refractivity contribution in [1.82, 2.24) is 88.5 Å². The Morgan fingerprint density at radius 3 is 1.29 bits per heavy atom. The summed E-state index contributed by atoms with van der Waals surface area (Å²) < 4.78 is 41.8. The highest BCUT2D eigenvalue weighted by Gasteiger charge is 2.30. The SMILES string of the molecule is C=CC(=O)Nc1cccc(Oc2nc(Nc3ccc(N4CCN(C)CC4)cc3)nc3[nH]cc(C4CC4)c23)c1.C=CC(=O)Nc1cccc(Oc2nc(Nc3ccc(N4CCN(C)CC4)cc3)nc3c2ccn3CCF)c1.C=CC(=O)Nc1cccc(Oc2nc(Nc3ccc4c(ccn4CCN(C)C)c3)nc3[nH]ccc23)c1.C=CC(=O)Nc1cccc(Oc2nc(Nc3ccc4nc(CN(C)C)ccc4c3)nc3[nH]ccc23)c1. The van der Waals surface area contributed by atoms with Gasteiger partial charge in [0.2, 0.25) is 70.9 Å². The number of benzene rings is 8. The molecule has 2 aliphatic heterocycles. The molecule has 36 nitrogen and oxygen atoms in total. The maximum atomic E-state index is 13.2. The standard InChI is InChI=1S/C29H31N7O2.C28H30FN7O2.C27H27N7O2.C27H25N7O2/c1-3-25(37)31-21-5-4-6-23(17-21)38-28-26-24(19-7-8-19)18-30-27(26)33-29(34-28)32-20-9-11-22(12-10-20)36-15-13-35(2)14-16-36;1-3-25(37)30-21-5-4-6-23(19-21)38-27-24-11-13-36(14-12-29)26(24)32-28(33-27)31-20-7-9-22(10-8-20)35-17-15-34(2)16-18-35;1-4-24(35)29-19-6-5-7-21(17-19)36-26-22-10-12-28-25(22)31-27(32-26)30-20-8-9-23-18(16-20)11-13-34(23)15-14-33(2)3;1-4-24(35)30-18-6-5-7-21(15-18)36-26-22-12-13-28-25(22)32-27(33-26)31-19-10-11-23-17(14-19)8-9-20(29-23)16-34(2)3/h3-6,9-12,17-19H,1,7-8,13-16H2,2H3,(H,31,37)(H2,30,32,33,34);3-11,13,19H,1,12,14-18H2,2H3,(H,30,37)(H,31,32,33);4-13,16-17H,1,14-15H2,2-3H3,(H,29,35)(H2,28,30,31,32);4-15H,1,16H2,2-3H3,(H,30,35)(H2,28,31,32,33). The first-order valence-electron chi connectivity index (χ1n) is 48.3. The molecule has 0 bridgehead atoms. The van der Waals surface area contributed by atoms with Crippen LogP contribution in [0.2, 0.25) is 0 Å². The number of carbonyl (C=O) groups is 4. The zero-order valence-electron chi connectivity index (χ0n) is 82.7. The van der Waals surface area contributed by atoms with Crippen LogP contribution in [0.1, 0.15) is 30.0 Å². The number of rotatable bonds is 34. The number of nitrogens with zero attached hydrogens (tertiary/aromatic N) is 17. The molecule has 8 aromatic carbocycles. The van der Waals surface area contributed by atoms with Gasteiger partial charge in [0.1, 0.15) is 52.3 Å². The molecule has 1 aliphatic carbocycles. The molecule has 3 fully saturated rings. The lowest BCUT2D eigenvalue weighted by Crippen LogP contribution is -2.44. The van der Waals surface area contributed by atoms with Crippen LogP contribution in [0.3, 0.4) is 0 Å². The molecule has 1 saturated carbocycles. The van der Waals surface area contributed by atoms with E-state index in [1.165, 1.54) is 46.8 Å². The molecule has 18 aromatic rings. The van der Waals surface area contributed by atoms with Crippen LogP contribution in [0, 0.1) is 0 Å². The van der Waals surface area contributed by atoms with Gasteiger partial charge >= 0.3 is 0 Å². The van der Waals surface area contributed by atoms with E-state index in [0.29, 0.717) is 121 Å². The van der Waals surface area contributed by atoms with Gasteiger partial charge in [-0.05, 0) is 255 Å². The molecule has 3 aliphatic rings. The third-order valence-electron chi connectivity index (χ3n) is 24.5. The van der Waals surface area contributed by atoms with Gasteiger partial charge < -0.3 is 115 Å². The Bertz CT molecular complexity index is 7850. The summed E-state index contributed by atoms with van der Waals surface area (Å²) in [5.41, 5.74) is 15.0. The number of anilines is 14. The molecule has 4 amide bonds. The Kier molecular flexibility index (Phi) is 31.4. The van der Waals surface area contributed by atoms with Gasteiger partial charge in [0.05, 0.1) is 39.3 Å². The number of halogens is 1. The quantitative estimate of drug-likeness (QED) is 0.0167. The van der Waals surface area contributed by atoms with Gasteiger partial charge in [0.25, 0.3) is 0 Å². The largest absolute Gasteiger partial charge is 0.438 e. The van der Waals surface area contributed by atoms with E-state index in [9.17, 15) is 23.6 Å². The van der Waals surface area contributed by atoms with E-state index < -0.39 is 6.67 Å². The van der Waals surface area contributed by atoms with Gasteiger partial charge in [-0.1, -0.05) is 56.6 Å². The third kappa shape index (κ3) is 25.7. The number of likely N-dealkylation sites (N-methyl/N-ethyl adjacent to an activating group) is 3. The molecule has 0 radical (unpaired) electrons. The molecular formula is C111H113FN28O8. The number of nitrogens with one attached hydrogen (secondary N) is 11. The third-order valence-corrected chi connectivity index (χ3v) is 24.5. The summed E-state index contributed by atoms with van der Waals surface area (Å²) in [6.07, 6.45) is 16.6. The molecule has 10 aromatic heterocycles. The van der Waals surface area contributed by atoms with Crippen molar-refractivity contribution in [3.05, 3.63) is 311 Å². The van der Waals surface area contributed by atoms with Gasteiger partial charge in [-0.25, -0.2) is 4.39 Å². The van der Waals surface area contributed by atoms with Crippen molar-refractivity contribution in [3.63, 3.8) is 0 Å². The van der Waals surface area contributed by atoms with Crippen LogP contribution in [-0.2, 0) is 38.8 Å². The average Bonchev–Trinajstić information content (AvgIpc) is 1.61. The van der Waals surface area contributed by atoms with Gasteiger partial charge in [0, 0.05) is 200 Å². The van der Waals surface area contributed by atoms with Gasteiger partial charge in [-0.3, -0.25) is 24.2 Å². The zero-order chi connectivity index (χ0) is 103. The minimum Gasteiger partial charge on any atom is -0.438 e. The minimum absolute atomic E-state index is 0.169. The highest BCUT2D eigenvalue weighted by molar-refractivity contribution is 6.02. The first kappa shape index (κ1) is 99.9. The van der Waals surface area contributed by atoms with E-state index in [4.69, 9.17) is 33.9 Å². The number of amides is 4. The van der Waals surface area contributed by atoms with E-state index >= 15 is 0 Å². The van der Waals surface area contributed by atoms with Crippen molar-refractivity contribution in [1.29, 1.82) is 0 Å². The number of aromatic nitrogens is 14. The second-order valence-electron chi connectivity index (χ2n) is 36.1. The smallest absolute Gasteiger partial charge is 0.247 e. The van der Waals surface area contributed by atoms with Crippen molar-refractivity contribution in [2.24, 2.45) is 0 Å². The zero-order valence-corrected chi connectivity index (χ0v) is 82.7. The van der Waals surface area contributed by atoms with Crippen molar-refractivity contribution in [3.8, 4) is 46.5 Å². The Morgan fingerprint density at radius 2 is 0.831 bits per heavy atom. The number of fused-ring (bicyclic) bond motifs is 6. The van der Waals surface area contributed by atoms with Crippen molar-refractivity contribution >= 4 is 170 Å². The van der Waals surface area contributed by atoms with E-state index in [-0.39, 0.29) is 30.2 Å². The molecular weight excluding hydrogens is 1870 g/mol. The lowest BCUT2D eigenvalue weighted by Gasteiger charge is -2.34. The van der Waals surface area contributed by atoms with E-state index in [2.05, 4.69) is 243 Å². The fourth-order valence-corrected chi connectivity index (χ4v) is 16.8. The molecule has 148 heavy (non-hydrogen) atoms. The summed E-state index contributed by atoms with van der Waals surface area (Å²) in [7, 11) is 12.5. The van der Waals surface area contributed by atoms with Crippen molar-refractivity contribution in [2.45, 2.75) is 38.4 Å². The monoisotopic (exact) mass is 1980 g/mol. The highest BCUT2D eigenvalue weighted by Crippen LogP contribution is 2.47. The summed E-state index contributed by atoms with van der Waals surface area (Å²) in [5.74, 6) is 4.53. The number of piperazine rings is 2. The topological polar surface area (TPSA) is 394 Å². The second kappa shape index (κ2) is 46.5. The van der Waals surface area contributed by atoms with Gasteiger partial charge in [-0.2, -0.15) is 39.9 Å². The normalized spacial score (nSPS) is 13.1. The number of hydrogen-bond acceptors (Lipinski definition) is 27. The Hall–Kier alpha value is -18.2. The predicted molar refractivity (Wildman–Crippen MR) is 584 cm³/mol. The van der Waals surface area contributed by atoms with Crippen LogP contribution in [-0.4, -0.2) is 220 Å². The van der Waals surface area contributed by atoms with Crippen LogP contribution in [0.4, 0.5) is 85.1 Å². The van der Waals surface area contributed by atoms with Gasteiger partial charge in [0.15, 0.2) is 0 Å². The summed E-state index contributed by atoms with van der Waals surface area (Å²) in [4.78, 5) is 112. The van der Waals surface area contributed by atoms with E-state index in [1.54, 1.807) is 114 Å². The highest BCUT2D eigenvalue weighted by atomic mass is 19.1. The van der Waals surface area contributed by atoms with E-state index in [1.807, 2.05) is 87.0 Å². The molecule has 2 saturated heterocycles. The number of aryl methyl sites for hydroxylation is 1. The first-order valence-corrected chi connectivity index (χ1v) is 48.3. The van der Waals surface area contributed by atoms with Crippen LogP contribution in [0.5, 0.6) is 46.5 Å². The number of alkyl halides is 1. The molecule has 21 rings (SSSR count). The summed E-state index contributed by atoms with van der Waals surface area (Å²) in [6, 6.07) is 68.7. The molecule has 0 unspecified atom stereocenters. The number of pyridine rings is 1. The predicted octanol–water partition coefficient (Wildman–Crippen LogP) is 20.4. The maximum Gasteiger partial charge on any atom is 0.247 e. The molecule has 0 atom stereocenters. The number of H-pyrrole nitrogens is 3. The van der Waals surface area contributed by atoms with E-state index in [0.717, 1.165) is 151 Å².